The molecule has 4 rings (SSSR count). The number of aromatic amines is 1. The van der Waals surface area contributed by atoms with Crippen molar-refractivity contribution in [3.8, 4) is 17.0 Å². The summed E-state index contributed by atoms with van der Waals surface area (Å²) in [4.78, 5) is 19.8. The summed E-state index contributed by atoms with van der Waals surface area (Å²) in [5.74, 6) is 0.618. The third-order valence-electron chi connectivity index (χ3n) is 5.70. The minimum Gasteiger partial charge on any atom is -0.497 e. The Labute approximate surface area is 186 Å². The second-order valence-corrected chi connectivity index (χ2v) is 7.64. The first kappa shape index (κ1) is 21.3. The van der Waals surface area contributed by atoms with Crippen molar-refractivity contribution in [2.75, 3.05) is 7.11 Å². The van der Waals surface area contributed by atoms with Gasteiger partial charge < -0.3 is 9.64 Å². The number of ether oxygens (including phenoxy) is 1. The van der Waals surface area contributed by atoms with Crippen molar-refractivity contribution in [1.29, 1.82) is 0 Å². The number of hydrogen-bond acceptors (Lipinski definition) is 5. The maximum Gasteiger partial charge on any atom is 0.272 e. The van der Waals surface area contributed by atoms with Crippen LogP contribution in [-0.4, -0.2) is 42.9 Å². The van der Waals surface area contributed by atoms with Gasteiger partial charge in [-0.25, -0.2) is 0 Å². The lowest BCUT2D eigenvalue weighted by atomic mass is 10.1. The number of nitrogens with zero attached hydrogens (tertiary/aromatic N) is 5. The summed E-state index contributed by atoms with van der Waals surface area (Å²) >= 11 is 0. The minimum atomic E-state index is -0.192. The number of aromatic nitrogens is 5. The van der Waals surface area contributed by atoms with Gasteiger partial charge in [0.25, 0.3) is 5.91 Å². The average Bonchev–Trinajstić information content (AvgIpc) is 3.44. The van der Waals surface area contributed by atoms with Crippen LogP contribution in [0, 0.1) is 6.92 Å². The maximum atomic E-state index is 13.6. The van der Waals surface area contributed by atoms with E-state index in [9.17, 15) is 4.79 Å². The van der Waals surface area contributed by atoms with Gasteiger partial charge >= 0.3 is 0 Å². The van der Waals surface area contributed by atoms with E-state index in [1.165, 1.54) is 0 Å². The number of pyridine rings is 1. The van der Waals surface area contributed by atoms with Gasteiger partial charge in [-0.05, 0) is 49.7 Å². The highest BCUT2D eigenvalue weighted by atomic mass is 16.5. The molecule has 1 unspecified atom stereocenters. The van der Waals surface area contributed by atoms with Gasteiger partial charge in [0.2, 0.25) is 0 Å². The van der Waals surface area contributed by atoms with Crippen molar-refractivity contribution in [3.05, 3.63) is 83.6 Å². The predicted molar refractivity (Wildman–Crippen MR) is 121 cm³/mol. The van der Waals surface area contributed by atoms with Crippen LogP contribution in [0.25, 0.3) is 11.3 Å². The molecule has 0 radical (unpaired) electrons. The lowest BCUT2D eigenvalue weighted by molar-refractivity contribution is 0.0665. The molecule has 1 aromatic carbocycles. The van der Waals surface area contributed by atoms with Crippen LogP contribution in [0.3, 0.4) is 0 Å². The Balaban J connectivity index is 1.66. The molecule has 0 bridgehead atoms. The van der Waals surface area contributed by atoms with Crippen LogP contribution >= 0.6 is 0 Å². The molecule has 3 aromatic heterocycles. The first-order valence-electron chi connectivity index (χ1n) is 10.4. The number of rotatable bonds is 7. The Morgan fingerprint density at radius 1 is 1.22 bits per heavy atom. The molecule has 0 aliphatic rings. The van der Waals surface area contributed by atoms with Gasteiger partial charge in [0.15, 0.2) is 0 Å². The van der Waals surface area contributed by atoms with E-state index < -0.39 is 0 Å². The molecule has 0 saturated carbocycles. The highest BCUT2D eigenvalue weighted by Crippen LogP contribution is 2.27. The molecule has 0 saturated heterocycles. The molecular formula is C24H26N6O2. The molecular weight excluding hydrogens is 404 g/mol. The number of hydrogen-bond donors (Lipinski definition) is 1. The van der Waals surface area contributed by atoms with Crippen LogP contribution in [-0.2, 0) is 13.6 Å². The van der Waals surface area contributed by atoms with Crippen molar-refractivity contribution in [1.82, 2.24) is 29.9 Å². The van der Waals surface area contributed by atoms with Gasteiger partial charge in [-0.3, -0.25) is 19.6 Å². The Morgan fingerprint density at radius 3 is 2.62 bits per heavy atom. The SMILES string of the molecule is COc1ccc(C(C)N(Cc2ccccn2)C(=O)c2cc(-c3cnn(C)c3C)n[nH]2)cc1. The summed E-state index contributed by atoms with van der Waals surface area (Å²) in [7, 11) is 3.51. The van der Waals surface area contributed by atoms with Gasteiger partial charge in [0.1, 0.15) is 11.4 Å². The van der Waals surface area contributed by atoms with Gasteiger partial charge in [-0.15, -0.1) is 0 Å². The van der Waals surface area contributed by atoms with Crippen LogP contribution < -0.4 is 4.74 Å². The average molecular weight is 431 g/mol. The van der Waals surface area contributed by atoms with Crippen molar-refractivity contribution in [3.63, 3.8) is 0 Å². The third kappa shape index (κ3) is 4.25. The first-order chi connectivity index (χ1) is 15.5. The van der Waals surface area contributed by atoms with E-state index in [0.717, 1.165) is 28.3 Å². The zero-order valence-corrected chi connectivity index (χ0v) is 18.6. The Hall–Kier alpha value is -3.94. The standard InChI is InChI=1S/C24H26N6O2/c1-16(18-8-10-20(32-4)11-9-18)30(15-19-7-5-6-12-25-19)24(31)23-13-22(27-28-23)21-14-26-29(3)17(21)2/h5-14,16H,15H2,1-4H3,(H,27,28). The largest absolute Gasteiger partial charge is 0.497 e. The van der Waals surface area contributed by atoms with Crippen LogP contribution in [0.4, 0.5) is 0 Å². The van der Waals surface area contributed by atoms with Gasteiger partial charge in [-0.2, -0.15) is 10.2 Å². The quantitative estimate of drug-likeness (QED) is 0.480. The second kappa shape index (κ2) is 9.05. The summed E-state index contributed by atoms with van der Waals surface area (Å²) in [6, 6.07) is 15.0. The number of carbonyl (C=O) groups is 1. The Morgan fingerprint density at radius 2 is 2.00 bits per heavy atom. The summed E-state index contributed by atoms with van der Waals surface area (Å²) in [5.41, 5.74) is 4.78. The molecule has 3 heterocycles. The number of amides is 1. The number of carbonyl (C=O) groups excluding carboxylic acids is 1. The van der Waals surface area contributed by atoms with Gasteiger partial charge in [0.05, 0.1) is 37.3 Å². The monoisotopic (exact) mass is 430 g/mol. The zero-order valence-electron chi connectivity index (χ0n) is 18.6. The lowest BCUT2D eigenvalue weighted by Gasteiger charge is -2.29. The number of methoxy groups -OCH3 is 1. The molecule has 32 heavy (non-hydrogen) atoms. The number of H-pyrrole nitrogens is 1. The highest BCUT2D eigenvalue weighted by Gasteiger charge is 2.26. The fourth-order valence-corrected chi connectivity index (χ4v) is 3.59. The lowest BCUT2D eigenvalue weighted by Crippen LogP contribution is -2.33. The Kier molecular flexibility index (Phi) is 6.02. The van der Waals surface area contributed by atoms with E-state index >= 15 is 0 Å². The molecule has 0 aliphatic heterocycles. The van der Waals surface area contributed by atoms with Crippen molar-refractivity contribution in [2.45, 2.75) is 26.4 Å². The van der Waals surface area contributed by atoms with E-state index in [1.54, 1.807) is 35.2 Å². The minimum absolute atomic E-state index is 0.153. The molecule has 0 spiro atoms. The summed E-state index contributed by atoms with van der Waals surface area (Å²) in [5, 5.41) is 11.5. The maximum absolute atomic E-state index is 13.6. The number of aryl methyl sites for hydroxylation is 1. The van der Waals surface area contributed by atoms with Crippen molar-refractivity contribution < 1.29 is 9.53 Å². The summed E-state index contributed by atoms with van der Waals surface area (Å²) in [6.45, 7) is 4.34. The molecule has 0 aliphatic carbocycles. The summed E-state index contributed by atoms with van der Waals surface area (Å²) in [6.07, 6.45) is 3.49. The predicted octanol–water partition coefficient (Wildman–Crippen LogP) is 3.93. The fourth-order valence-electron chi connectivity index (χ4n) is 3.59. The van der Waals surface area contributed by atoms with E-state index in [-0.39, 0.29) is 11.9 Å². The van der Waals surface area contributed by atoms with Crippen LogP contribution in [0.1, 0.15) is 40.4 Å². The van der Waals surface area contributed by atoms with Crippen LogP contribution in [0.15, 0.2) is 60.9 Å². The van der Waals surface area contributed by atoms with E-state index in [0.29, 0.717) is 17.9 Å². The highest BCUT2D eigenvalue weighted by molar-refractivity contribution is 5.93. The summed E-state index contributed by atoms with van der Waals surface area (Å²) < 4.78 is 7.05. The molecule has 8 heteroatoms. The zero-order chi connectivity index (χ0) is 22.7. The molecule has 1 amide bonds. The molecule has 164 valence electrons. The molecule has 1 atom stereocenters. The van der Waals surface area contributed by atoms with Crippen molar-refractivity contribution >= 4 is 5.91 Å². The smallest absolute Gasteiger partial charge is 0.272 e. The van der Waals surface area contributed by atoms with Crippen LogP contribution in [0.5, 0.6) is 5.75 Å². The fraction of sp³-hybridized carbons (Fsp3) is 0.250. The first-order valence-corrected chi connectivity index (χ1v) is 10.4. The molecule has 8 nitrogen and oxygen atoms in total. The van der Waals surface area contributed by atoms with Gasteiger partial charge in [-0.1, -0.05) is 18.2 Å². The van der Waals surface area contributed by atoms with Gasteiger partial charge in [0, 0.05) is 24.5 Å². The molecule has 4 aromatic rings. The third-order valence-corrected chi connectivity index (χ3v) is 5.70. The second-order valence-electron chi connectivity index (χ2n) is 7.64. The number of nitrogens with one attached hydrogen (secondary N) is 1. The van der Waals surface area contributed by atoms with E-state index in [2.05, 4.69) is 20.3 Å². The normalized spacial score (nSPS) is 11.9. The van der Waals surface area contributed by atoms with Crippen molar-refractivity contribution in [2.24, 2.45) is 7.05 Å². The molecule has 1 N–H and O–H groups in total. The topological polar surface area (TPSA) is 88.9 Å². The number of benzene rings is 1. The Bertz CT molecular complexity index is 1200. The van der Waals surface area contributed by atoms with E-state index in [4.69, 9.17) is 4.74 Å². The van der Waals surface area contributed by atoms with Crippen LogP contribution in [0.2, 0.25) is 0 Å². The molecule has 0 fully saturated rings. The van der Waals surface area contributed by atoms with E-state index in [1.807, 2.05) is 63.4 Å².